The molecule has 2 aromatic carbocycles. The minimum absolute atomic E-state index is 0.798. The molecule has 0 aliphatic heterocycles. The number of para-hydroxylation sites is 1. The van der Waals surface area contributed by atoms with Crippen molar-refractivity contribution in [2.24, 2.45) is 0 Å². The van der Waals surface area contributed by atoms with Gasteiger partial charge in [-0.1, -0.05) is 46.3 Å². The van der Waals surface area contributed by atoms with Gasteiger partial charge in [0.2, 0.25) is 0 Å². The zero-order chi connectivity index (χ0) is 14.1. The summed E-state index contributed by atoms with van der Waals surface area (Å²) in [6, 6.07) is 16.5. The number of nitrogens with two attached hydrogens (primary N) is 1. The summed E-state index contributed by atoms with van der Waals surface area (Å²) in [5, 5.41) is 1.14. The SMILES string of the molecule is Cc1nc2ccccc2c(Cc2ccc(Br)cc2)c1N. The van der Waals surface area contributed by atoms with Crippen LogP contribution >= 0.6 is 15.9 Å². The second kappa shape index (κ2) is 5.25. The fourth-order valence-electron chi connectivity index (χ4n) is 2.43. The summed E-state index contributed by atoms with van der Waals surface area (Å²) in [6.07, 6.45) is 0.822. The molecule has 3 aromatic rings. The van der Waals surface area contributed by atoms with Crippen molar-refractivity contribution in [3.8, 4) is 0 Å². The molecule has 0 aliphatic rings. The van der Waals surface area contributed by atoms with Crippen LogP contribution in [0.15, 0.2) is 53.0 Å². The molecule has 20 heavy (non-hydrogen) atoms. The molecule has 2 N–H and O–H groups in total. The molecule has 100 valence electrons. The standard InChI is InChI=1S/C17H15BrN2/c1-11-17(19)15(10-12-6-8-13(18)9-7-12)14-4-2-3-5-16(14)20-11/h2-9H,10,19H2,1H3. The molecular weight excluding hydrogens is 312 g/mol. The van der Waals surface area contributed by atoms with Gasteiger partial charge in [0.05, 0.1) is 16.9 Å². The predicted octanol–water partition coefficient (Wildman–Crippen LogP) is 4.48. The Morgan fingerprint density at radius 2 is 1.75 bits per heavy atom. The van der Waals surface area contributed by atoms with Gasteiger partial charge in [-0.3, -0.25) is 4.98 Å². The lowest BCUT2D eigenvalue weighted by Crippen LogP contribution is -2.02. The van der Waals surface area contributed by atoms with E-state index in [4.69, 9.17) is 5.73 Å². The van der Waals surface area contributed by atoms with E-state index in [1.165, 1.54) is 5.56 Å². The Bertz CT molecular complexity index is 764. The van der Waals surface area contributed by atoms with Gasteiger partial charge in [0, 0.05) is 16.3 Å². The highest BCUT2D eigenvalue weighted by molar-refractivity contribution is 9.10. The van der Waals surface area contributed by atoms with Crippen LogP contribution in [-0.2, 0) is 6.42 Å². The van der Waals surface area contributed by atoms with Crippen molar-refractivity contribution in [1.29, 1.82) is 0 Å². The summed E-state index contributed by atoms with van der Waals surface area (Å²) >= 11 is 3.46. The second-order valence-corrected chi connectivity index (χ2v) is 5.83. The van der Waals surface area contributed by atoms with Gasteiger partial charge in [0.15, 0.2) is 0 Å². The normalized spacial score (nSPS) is 10.9. The number of hydrogen-bond acceptors (Lipinski definition) is 2. The van der Waals surface area contributed by atoms with Crippen molar-refractivity contribution in [2.75, 3.05) is 5.73 Å². The summed E-state index contributed by atoms with van der Waals surface area (Å²) < 4.78 is 1.09. The van der Waals surface area contributed by atoms with Crippen molar-refractivity contribution in [1.82, 2.24) is 4.98 Å². The fraction of sp³-hybridized carbons (Fsp3) is 0.118. The van der Waals surface area contributed by atoms with Crippen LogP contribution in [0.1, 0.15) is 16.8 Å². The van der Waals surface area contributed by atoms with Crippen LogP contribution in [0.3, 0.4) is 0 Å². The number of fused-ring (bicyclic) bond motifs is 1. The van der Waals surface area contributed by atoms with E-state index >= 15 is 0 Å². The number of hydrogen-bond donors (Lipinski definition) is 1. The van der Waals surface area contributed by atoms with Crippen LogP contribution in [0, 0.1) is 6.92 Å². The third kappa shape index (κ3) is 2.41. The predicted molar refractivity (Wildman–Crippen MR) is 87.8 cm³/mol. The number of aromatic nitrogens is 1. The number of pyridine rings is 1. The van der Waals surface area contributed by atoms with E-state index in [1.807, 2.05) is 25.1 Å². The minimum Gasteiger partial charge on any atom is -0.397 e. The van der Waals surface area contributed by atoms with Crippen molar-refractivity contribution in [2.45, 2.75) is 13.3 Å². The van der Waals surface area contributed by atoms with Crippen LogP contribution in [0.5, 0.6) is 0 Å². The Hall–Kier alpha value is -1.87. The molecule has 1 heterocycles. The lowest BCUT2D eigenvalue weighted by atomic mass is 9.98. The van der Waals surface area contributed by atoms with Crippen molar-refractivity contribution < 1.29 is 0 Å². The van der Waals surface area contributed by atoms with Crippen LogP contribution in [0.4, 0.5) is 5.69 Å². The van der Waals surface area contributed by atoms with Gasteiger partial charge in [-0.2, -0.15) is 0 Å². The highest BCUT2D eigenvalue weighted by atomic mass is 79.9. The van der Waals surface area contributed by atoms with E-state index in [9.17, 15) is 0 Å². The first-order valence-electron chi connectivity index (χ1n) is 6.53. The summed E-state index contributed by atoms with van der Waals surface area (Å²) in [4.78, 5) is 4.56. The quantitative estimate of drug-likeness (QED) is 0.754. The molecule has 0 fully saturated rings. The molecular formula is C17H15BrN2. The Labute approximate surface area is 126 Å². The van der Waals surface area contributed by atoms with Gasteiger partial charge in [0.25, 0.3) is 0 Å². The summed E-state index contributed by atoms with van der Waals surface area (Å²) in [6.45, 7) is 1.97. The van der Waals surface area contributed by atoms with E-state index in [-0.39, 0.29) is 0 Å². The topological polar surface area (TPSA) is 38.9 Å². The van der Waals surface area contributed by atoms with Crippen LogP contribution in [0.25, 0.3) is 10.9 Å². The fourth-order valence-corrected chi connectivity index (χ4v) is 2.69. The van der Waals surface area contributed by atoms with E-state index < -0.39 is 0 Å². The molecule has 0 amide bonds. The van der Waals surface area contributed by atoms with Gasteiger partial charge in [0.1, 0.15) is 0 Å². The van der Waals surface area contributed by atoms with Crippen molar-refractivity contribution in [3.05, 3.63) is 69.8 Å². The van der Waals surface area contributed by atoms with Crippen molar-refractivity contribution >= 4 is 32.5 Å². The molecule has 0 bridgehead atoms. The molecule has 0 aliphatic carbocycles. The van der Waals surface area contributed by atoms with Gasteiger partial charge in [-0.15, -0.1) is 0 Å². The molecule has 0 saturated heterocycles. The summed E-state index contributed by atoms with van der Waals surface area (Å²) in [5.41, 5.74) is 11.4. The van der Waals surface area contributed by atoms with E-state index in [0.29, 0.717) is 0 Å². The van der Waals surface area contributed by atoms with E-state index in [1.54, 1.807) is 0 Å². The number of nitrogen functional groups attached to an aromatic ring is 1. The summed E-state index contributed by atoms with van der Waals surface area (Å²) in [7, 11) is 0. The maximum Gasteiger partial charge on any atom is 0.0709 e. The van der Waals surface area contributed by atoms with Crippen LogP contribution in [0.2, 0.25) is 0 Å². The first-order valence-corrected chi connectivity index (χ1v) is 7.32. The molecule has 3 rings (SSSR count). The van der Waals surface area contributed by atoms with Crippen LogP contribution in [-0.4, -0.2) is 4.98 Å². The Balaban J connectivity index is 2.14. The Kier molecular flexibility index (Phi) is 3.45. The first-order chi connectivity index (χ1) is 9.65. The molecule has 0 unspecified atom stereocenters. The molecule has 2 nitrogen and oxygen atoms in total. The zero-order valence-corrected chi connectivity index (χ0v) is 12.8. The van der Waals surface area contributed by atoms with Gasteiger partial charge >= 0.3 is 0 Å². The third-order valence-corrected chi connectivity index (χ3v) is 4.06. The molecule has 3 heteroatoms. The highest BCUT2D eigenvalue weighted by Crippen LogP contribution is 2.27. The maximum atomic E-state index is 6.25. The first kappa shape index (κ1) is 13.1. The molecule has 0 saturated carbocycles. The Morgan fingerprint density at radius 3 is 2.50 bits per heavy atom. The molecule has 0 radical (unpaired) electrons. The number of benzene rings is 2. The maximum absolute atomic E-state index is 6.25. The van der Waals surface area contributed by atoms with E-state index in [2.05, 4.69) is 51.2 Å². The van der Waals surface area contributed by atoms with Crippen molar-refractivity contribution in [3.63, 3.8) is 0 Å². The number of rotatable bonds is 2. The van der Waals surface area contributed by atoms with Gasteiger partial charge in [-0.25, -0.2) is 0 Å². The average molecular weight is 327 g/mol. The third-order valence-electron chi connectivity index (χ3n) is 3.53. The Morgan fingerprint density at radius 1 is 1.05 bits per heavy atom. The van der Waals surface area contributed by atoms with Gasteiger partial charge < -0.3 is 5.73 Å². The summed E-state index contributed by atoms with van der Waals surface area (Å²) in [5.74, 6) is 0. The average Bonchev–Trinajstić information content (AvgIpc) is 2.46. The second-order valence-electron chi connectivity index (χ2n) is 4.91. The highest BCUT2D eigenvalue weighted by Gasteiger charge is 2.10. The number of aryl methyl sites for hydroxylation is 1. The lowest BCUT2D eigenvalue weighted by Gasteiger charge is -2.12. The van der Waals surface area contributed by atoms with E-state index in [0.717, 1.165) is 38.7 Å². The number of nitrogens with zero attached hydrogens (tertiary/aromatic N) is 1. The lowest BCUT2D eigenvalue weighted by molar-refractivity contribution is 1.17. The largest absolute Gasteiger partial charge is 0.397 e. The number of halogens is 1. The minimum atomic E-state index is 0.798. The molecule has 1 aromatic heterocycles. The zero-order valence-electron chi connectivity index (χ0n) is 11.2. The molecule has 0 spiro atoms. The van der Waals surface area contributed by atoms with Crippen LogP contribution < -0.4 is 5.73 Å². The van der Waals surface area contributed by atoms with Gasteiger partial charge in [-0.05, 0) is 36.2 Å². The smallest absolute Gasteiger partial charge is 0.0709 e. The monoisotopic (exact) mass is 326 g/mol. The number of anilines is 1. The molecule has 0 atom stereocenters.